The van der Waals surface area contributed by atoms with Crippen LogP contribution in [0.4, 0.5) is 11.6 Å². The van der Waals surface area contributed by atoms with Gasteiger partial charge in [-0.2, -0.15) is 0 Å². The van der Waals surface area contributed by atoms with Crippen LogP contribution < -0.4 is 11.0 Å². The molecule has 531 valence electrons. The zero-order chi connectivity index (χ0) is 72.7. The summed E-state index contributed by atoms with van der Waals surface area (Å²) in [4.78, 5) is 32.2. The van der Waals surface area contributed by atoms with Crippen LogP contribution in [0.2, 0.25) is 0 Å². The first-order valence-corrected chi connectivity index (χ1v) is 44.2. The molecule has 4 aliphatic rings. The minimum atomic E-state index is -5.84. The van der Waals surface area contributed by atoms with E-state index in [2.05, 4.69) is 0 Å². The van der Waals surface area contributed by atoms with Crippen LogP contribution in [0, 0.1) is 0 Å². The molecule has 2 aromatic heterocycles. The SMILES string of the molecule is CC[N+](CC)(CC)S(=O)(O)(O)c1cccc2cc3c(cc12)C1=NC3=Nc2c3cc4c(S(=O)(O)(O)[N+](CC)(CC)CC)cccc4cc3c3[n]2[Ga][n]2c(c4cc5cccc(S(=O)(O)(O)[N+](CC)(CC)CC)c5cc4c2=NC2=NC(=N3)c3cc4c(S(=O)(O)(O)[N+](CC)(CC)CC)cccc4cc32)=N1. The third-order valence-electron chi connectivity index (χ3n) is 23.5. The van der Waals surface area contributed by atoms with Gasteiger partial charge in [-0.1, -0.05) is 0 Å². The number of hydrogen-bond acceptors (Lipinski definition) is 10. The fourth-order valence-corrected chi connectivity index (χ4v) is 30.7. The van der Waals surface area contributed by atoms with Crippen LogP contribution in [0.1, 0.15) is 105 Å². The summed E-state index contributed by atoms with van der Waals surface area (Å²) in [6, 6.07) is 33.7. The van der Waals surface area contributed by atoms with Gasteiger partial charge < -0.3 is 0 Å². The first-order valence-electron chi connectivity index (χ1n) is 34.6. The molecule has 4 aliphatic heterocycles. The molecule has 0 amide bonds. The van der Waals surface area contributed by atoms with Crippen LogP contribution in [0.5, 0.6) is 0 Å². The predicted molar refractivity (Wildman–Crippen MR) is 405 cm³/mol. The number of aromatic nitrogens is 2. The van der Waals surface area contributed by atoms with Gasteiger partial charge in [0.2, 0.25) is 0 Å². The maximum absolute atomic E-state index is 15.7. The Morgan fingerprint density at radius 2 is 0.545 bits per heavy atom. The van der Waals surface area contributed by atoms with Gasteiger partial charge in [0.05, 0.1) is 0 Å². The van der Waals surface area contributed by atoms with Crippen LogP contribution in [0.25, 0.3) is 64.6 Å². The maximum atomic E-state index is 15.7. The molecule has 29 heteroatoms. The first-order chi connectivity index (χ1) is 47.5. The van der Waals surface area contributed by atoms with Crippen molar-refractivity contribution in [2.24, 2.45) is 30.0 Å². The summed E-state index contributed by atoms with van der Waals surface area (Å²) >= 11 is -2.60. The van der Waals surface area contributed by atoms with Gasteiger partial charge >= 0.3 is 598 Å². The van der Waals surface area contributed by atoms with E-state index in [4.69, 9.17) is 30.0 Å². The zero-order valence-corrected chi connectivity index (χ0v) is 64.5. The average molecular weight is 1510 g/mol. The predicted octanol–water partition coefficient (Wildman–Crippen LogP) is 12.7. The van der Waals surface area contributed by atoms with Crippen molar-refractivity contribution >= 4 is 157 Å². The Hall–Kier alpha value is -7.08. The fourth-order valence-electron chi connectivity index (χ4n) is 16.9. The van der Waals surface area contributed by atoms with Crippen LogP contribution in [-0.4, -0.2) is 195 Å². The molecule has 1 radical (unpaired) electrons. The number of hydrogen-bond donors (Lipinski definition) is 8. The molecule has 6 bridgehead atoms. The number of fused-ring (bicyclic) bond motifs is 18. The van der Waals surface area contributed by atoms with E-state index >= 15 is 16.8 Å². The summed E-state index contributed by atoms with van der Waals surface area (Å²) in [6.45, 7) is 22.6. The number of benzene rings is 8. The molecule has 0 atom stereocenters. The third kappa shape index (κ3) is 9.20. The van der Waals surface area contributed by atoms with Gasteiger partial charge in [-0.05, 0) is 0 Å². The molecule has 0 saturated carbocycles. The molecule has 6 heterocycles. The van der Waals surface area contributed by atoms with Crippen molar-refractivity contribution in [3.63, 3.8) is 0 Å². The quantitative estimate of drug-likeness (QED) is 0.0261. The van der Waals surface area contributed by atoms with E-state index in [0.29, 0.717) is 76.6 Å². The van der Waals surface area contributed by atoms with Gasteiger partial charge in [0.15, 0.2) is 0 Å². The molecular weight excluding hydrogens is 1420 g/mol. The molecule has 10 aromatic rings. The minimum absolute atomic E-state index is 0.108. The number of nitrogens with zero attached hydrogens (tertiary/aromatic N) is 12. The second-order valence-corrected chi connectivity index (χ2v) is 41.1. The Balaban J connectivity index is 1.19. The molecule has 14 rings (SSSR count). The van der Waals surface area contributed by atoms with Crippen molar-refractivity contribution in [1.82, 2.24) is 6.55 Å². The summed E-state index contributed by atoms with van der Waals surface area (Å²) in [5.41, 5.74) is 2.23. The Labute approximate surface area is 593 Å². The summed E-state index contributed by atoms with van der Waals surface area (Å²) in [7, 11) is -23.3. The molecule has 0 unspecified atom stereocenters. The zero-order valence-electron chi connectivity index (χ0n) is 58.8. The monoisotopic (exact) mass is 1510 g/mol. The molecule has 8 N–H and O–H groups in total. The molecule has 0 aliphatic carbocycles. The van der Waals surface area contributed by atoms with E-state index in [1.165, 1.54) is 24.3 Å². The number of quaternary nitrogens is 4. The van der Waals surface area contributed by atoms with Gasteiger partial charge in [-0.3, -0.25) is 0 Å². The van der Waals surface area contributed by atoms with Crippen molar-refractivity contribution in [1.29, 1.82) is 0 Å². The first kappa shape index (κ1) is 70.9. The van der Waals surface area contributed by atoms with Gasteiger partial charge in [0.1, 0.15) is 0 Å². The average Bonchev–Trinajstić information content (AvgIpc) is 1.65. The second kappa shape index (κ2) is 22.7. The Morgan fingerprint density at radius 3 is 0.861 bits per heavy atom. The van der Waals surface area contributed by atoms with Crippen LogP contribution in [0.3, 0.4) is 0 Å². The normalized spacial score (nSPS) is 16.7. The Morgan fingerprint density at radius 1 is 0.297 bits per heavy atom. The van der Waals surface area contributed by atoms with E-state index in [9.17, 15) is 36.4 Å². The van der Waals surface area contributed by atoms with Gasteiger partial charge in [-0.25, -0.2) is 0 Å². The van der Waals surface area contributed by atoms with Crippen molar-refractivity contribution in [2.75, 3.05) is 78.5 Å². The standard InChI is InChI=1S/C72H86N12O12S4.Ga/c1-13-81(14-2,15-3)97(85,86,87)61-33-25-29-45-37-53-57(41-49(45)61)69-73-65(53)78-70-59-43-51-47(31-27-35-63(51)99(91,92,93)83(19-7,20-8)21-9)39-55(59)67(75-70)80-72-60-44-52-48(32-28-36-64(52)100(94,95,96)84(22-10,23-11)24-12)40-56(60)68(76-72)79-71-58-42-50-46(38-54(58)66(74-71)77-69)30-26-34-62(50)98(88,89,90)82(16-4,17-5)18-6;/h25-44H,13-24H2,1-12H3,(H6-4,73,74,75,76,77,78,79,80,85,86,87,88,89,90,91,92,93,94,95,96);/q;+2/p+2. The summed E-state index contributed by atoms with van der Waals surface area (Å²) in [5, 5.41) is 4.67. The molecule has 8 aromatic carbocycles. The van der Waals surface area contributed by atoms with Crippen molar-refractivity contribution in [3.8, 4) is 0 Å². The van der Waals surface area contributed by atoms with Crippen molar-refractivity contribution < 1.29 is 68.8 Å². The third-order valence-corrected chi connectivity index (χ3v) is 39.7. The molecular formula is C72H88GaN12O12S4+4. The van der Waals surface area contributed by atoms with Crippen LogP contribution in [-0.2, 0) is 39.3 Å². The topological polar surface area (TPSA) is 314 Å². The van der Waals surface area contributed by atoms with Gasteiger partial charge in [0.25, 0.3) is 0 Å². The Kier molecular flexibility index (Phi) is 15.9. The molecule has 101 heavy (non-hydrogen) atoms. The van der Waals surface area contributed by atoms with E-state index in [-0.39, 0.29) is 154 Å². The Bertz CT molecular complexity index is 5900. The van der Waals surface area contributed by atoms with E-state index in [0.717, 1.165) is 0 Å². The number of aliphatic imine (C=N–C) groups is 4. The second-order valence-electron chi connectivity index (χ2n) is 26.9. The van der Waals surface area contributed by atoms with Gasteiger partial charge in [0, 0.05) is 0 Å². The van der Waals surface area contributed by atoms with Crippen molar-refractivity contribution in [2.45, 2.75) is 103 Å². The number of amidine groups is 4. The molecule has 0 spiro atoms. The van der Waals surface area contributed by atoms with Crippen molar-refractivity contribution in [3.05, 3.63) is 155 Å². The molecule has 0 saturated heterocycles. The van der Waals surface area contributed by atoms with Gasteiger partial charge in [-0.15, -0.1) is 0 Å². The summed E-state index contributed by atoms with van der Waals surface area (Å²) < 4.78 is 166. The number of rotatable bonds is 20. The van der Waals surface area contributed by atoms with E-state index < -0.39 is 72.7 Å². The summed E-state index contributed by atoms with van der Waals surface area (Å²) in [6.07, 6.45) is 0. The van der Waals surface area contributed by atoms with E-state index in [1.807, 2.05) is 18.7 Å². The molecule has 0 fully saturated rings. The van der Waals surface area contributed by atoms with Crippen LogP contribution >= 0.6 is 0 Å². The molecule has 24 nitrogen and oxygen atoms in total. The van der Waals surface area contributed by atoms with Crippen LogP contribution in [0.15, 0.2) is 171 Å². The summed E-state index contributed by atoms with van der Waals surface area (Å²) in [5.74, 6) is 1.11. The fraction of sp³-hybridized carbons (Fsp3) is 0.333. The van der Waals surface area contributed by atoms with E-state index in [1.54, 1.807) is 168 Å².